The van der Waals surface area contributed by atoms with E-state index in [0.717, 1.165) is 52.4 Å². The highest BCUT2D eigenvalue weighted by Crippen LogP contribution is 2.14. The molecule has 0 aliphatic rings. The van der Waals surface area contributed by atoms with Crippen LogP contribution in [0.2, 0.25) is 0 Å². The summed E-state index contributed by atoms with van der Waals surface area (Å²) in [4.78, 5) is 0. The van der Waals surface area contributed by atoms with Gasteiger partial charge in [0.05, 0.1) is 0 Å². The fourth-order valence-corrected chi connectivity index (χ4v) is 5.72. The summed E-state index contributed by atoms with van der Waals surface area (Å²) in [6, 6.07) is 0. The minimum Gasteiger partial charge on any atom is -0.381 e. The second-order valence-corrected chi connectivity index (χ2v) is 12.9. The lowest BCUT2D eigenvalue weighted by Gasteiger charge is -2.07. The zero-order chi connectivity index (χ0) is 29.6. The summed E-state index contributed by atoms with van der Waals surface area (Å²) in [6.45, 7) is 10.4. The molecule has 248 valence electrons. The van der Waals surface area contributed by atoms with E-state index in [1.165, 1.54) is 180 Å². The molecule has 1 N–H and O–H groups in total. The molecular weight excluding hydrogens is 502 g/mol. The molecule has 0 atom stereocenters. The van der Waals surface area contributed by atoms with Gasteiger partial charge in [0.2, 0.25) is 0 Å². The second kappa shape index (κ2) is 39.9. The Morgan fingerprint density at radius 2 is 0.488 bits per heavy atom. The van der Waals surface area contributed by atoms with Crippen LogP contribution in [-0.2, 0) is 9.47 Å². The third-order valence-electron chi connectivity index (χ3n) is 8.57. The van der Waals surface area contributed by atoms with Crippen molar-refractivity contribution in [1.29, 1.82) is 0 Å². The van der Waals surface area contributed by atoms with Crippen LogP contribution in [0.1, 0.15) is 206 Å². The quantitative estimate of drug-likeness (QED) is 0.0735. The molecule has 0 amide bonds. The molecule has 0 aliphatic carbocycles. The summed E-state index contributed by atoms with van der Waals surface area (Å²) < 4.78 is 11.6. The molecular formula is C38H79NO2. The largest absolute Gasteiger partial charge is 0.381 e. The normalized spacial score (nSPS) is 11.6. The van der Waals surface area contributed by atoms with Gasteiger partial charge in [-0.05, 0) is 38.8 Å². The molecule has 0 saturated carbocycles. The van der Waals surface area contributed by atoms with Crippen molar-refractivity contribution in [1.82, 2.24) is 5.32 Å². The minimum absolute atomic E-state index is 0.904. The van der Waals surface area contributed by atoms with E-state index in [1.807, 2.05) is 0 Å². The van der Waals surface area contributed by atoms with Crippen LogP contribution in [0.15, 0.2) is 0 Å². The number of hydrogen-bond donors (Lipinski definition) is 1. The first-order valence-corrected chi connectivity index (χ1v) is 19.3. The van der Waals surface area contributed by atoms with Crippen LogP contribution in [0.4, 0.5) is 0 Å². The van der Waals surface area contributed by atoms with E-state index >= 15 is 0 Å². The maximum absolute atomic E-state index is 5.82. The lowest BCUT2D eigenvalue weighted by Crippen LogP contribution is -2.19. The Labute approximate surface area is 260 Å². The standard InChI is InChI=1S/C38H79NO2/c1-3-5-7-9-11-13-15-17-19-21-23-25-27-29-35-40-37-31-33-39-34-32-38-41-36-30-28-26-24-22-20-18-16-14-12-10-8-6-4-2/h39H,3-38H2,1-2H3. The van der Waals surface area contributed by atoms with Gasteiger partial charge in [-0.1, -0.05) is 181 Å². The average molecular weight is 582 g/mol. The fourth-order valence-electron chi connectivity index (χ4n) is 5.72. The molecule has 0 rings (SSSR count). The van der Waals surface area contributed by atoms with Crippen molar-refractivity contribution in [3.05, 3.63) is 0 Å². The van der Waals surface area contributed by atoms with Crippen LogP contribution in [-0.4, -0.2) is 39.5 Å². The minimum atomic E-state index is 0.904. The molecule has 0 aromatic heterocycles. The first kappa shape index (κ1) is 40.9. The van der Waals surface area contributed by atoms with Crippen molar-refractivity contribution >= 4 is 0 Å². The highest BCUT2D eigenvalue weighted by atomic mass is 16.5. The predicted octanol–water partition coefficient (Wildman–Crippen LogP) is 12.4. The van der Waals surface area contributed by atoms with E-state index in [2.05, 4.69) is 19.2 Å². The Morgan fingerprint density at radius 3 is 0.756 bits per heavy atom. The SMILES string of the molecule is CCCCCCCCCCCCCCCCOCCCNCCCOCCCCCCCCCCCCCCCC. The number of rotatable bonds is 38. The molecule has 3 nitrogen and oxygen atoms in total. The third kappa shape index (κ3) is 39.9. The monoisotopic (exact) mass is 582 g/mol. The van der Waals surface area contributed by atoms with Gasteiger partial charge in [-0.3, -0.25) is 0 Å². The van der Waals surface area contributed by atoms with Gasteiger partial charge in [-0.25, -0.2) is 0 Å². The summed E-state index contributed by atoms with van der Waals surface area (Å²) in [5, 5.41) is 3.53. The van der Waals surface area contributed by atoms with Gasteiger partial charge in [-0.2, -0.15) is 0 Å². The highest BCUT2D eigenvalue weighted by molar-refractivity contribution is 4.52. The summed E-state index contributed by atoms with van der Waals surface area (Å²) >= 11 is 0. The first-order chi connectivity index (χ1) is 20.4. The number of hydrogen-bond acceptors (Lipinski definition) is 3. The lowest BCUT2D eigenvalue weighted by atomic mass is 10.0. The van der Waals surface area contributed by atoms with Gasteiger partial charge in [0.15, 0.2) is 0 Å². The zero-order valence-corrected chi connectivity index (χ0v) is 28.8. The molecule has 0 heterocycles. The Hall–Kier alpha value is -0.120. The molecule has 0 spiro atoms. The van der Waals surface area contributed by atoms with Crippen LogP contribution in [0, 0.1) is 0 Å². The third-order valence-corrected chi connectivity index (χ3v) is 8.57. The van der Waals surface area contributed by atoms with E-state index in [1.54, 1.807) is 0 Å². The Balaban J connectivity index is 3.02. The van der Waals surface area contributed by atoms with Gasteiger partial charge in [0.25, 0.3) is 0 Å². The van der Waals surface area contributed by atoms with E-state index in [0.29, 0.717) is 0 Å². The van der Waals surface area contributed by atoms with Gasteiger partial charge < -0.3 is 14.8 Å². The first-order valence-electron chi connectivity index (χ1n) is 19.3. The zero-order valence-electron chi connectivity index (χ0n) is 28.8. The predicted molar refractivity (Wildman–Crippen MR) is 184 cm³/mol. The van der Waals surface area contributed by atoms with Crippen molar-refractivity contribution in [2.75, 3.05) is 39.5 Å². The van der Waals surface area contributed by atoms with Gasteiger partial charge in [0, 0.05) is 26.4 Å². The van der Waals surface area contributed by atoms with Crippen molar-refractivity contribution in [2.24, 2.45) is 0 Å². The Kier molecular flexibility index (Phi) is 39.8. The summed E-state index contributed by atoms with van der Waals surface area (Å²) in [7, 11) is 0. The van der Waals surface area contributed by atoms with Gasteiger partial charge in [-0.15, -0.1) is 0 Å². The molecule has 0 bridgehead atoms. The van der Waals surface area contributed by atoms with Crippen molar-refractivity contribution in [3.8, 4) is 0 Å². The van der Waals surface area contributed by atoms with Crippen LogP contribution >= 0.6 is 0 Å². The molecule has 0 aromatic carbocycles. The summed E-state index contributed by atoms with van der Waals surface area (Å²) in [6.07, 6.45) is 41.9. The van der Waals surface area contributed by atoms with E-state index in [-0.39, 0.29) is 0 Å². The van der Waals surface area contributed by atoms with E-state index < -0.39 is 0 Å². The molecule has 0 radical (unpaired) electrons. The van der Waals surface area contributed by atoms with Crippen LogP contribution < -0.4 is 5.32 Å². The number of nitrogens with one attached hydrogen (secondary N) is 1. The smallest absolute Gasteiger partial charge is 0.0478 e. The second-order valence-electron chi connectivity index (χ2n) is 12.9. The summed E-state index contributed by atoms with van der Waals surface area (Å²) in [5.41, 5.74) is 0. The van der Waals surface area contributed by atoms with Crippen LogP contribution in [0.5, 0.6) is 0 Å². The molecule has 41 heavy (non-hydrogen) atoms. The average Bonchev–Trinajstić information content (AvgIpc) is 2.98. The molecule has 3 heteroatoms. The Bertz CT molecular complexity index is 392. The topological polar surface area (TPSA) is 30.5 Å². The number of unbranched alkanes of at least 4 members (excludes halogenated alkanes) is 26. The van der Waals surface area contributed by atoms with Gasteiger partial charge >= 0.3 is 0 Å². The van der Waals surface area contributed by atoms with E-state index in [4.69, 9.17) is 9.47 Å². The highest BCUT2D eigenvalue weighted by Gasteiger charge is 1.97. The van der Waals surface area contributed by atoms with Gasteiger partial charge in [0.1, 0.15) is 0 Å². The lowest BCUT2D eigenvalue weighted by molar-refractivity contribution is 0.123. The molecule has 0 aliphatic heterocycles. The maximum atomic E-state index is 5.82. The maximum Gasteiger partial charge on any atom is 0.0478 e. The molecule has 0 aromatic rings. The van der Waals surface area contributed by atoms with Crippen molar-refractivity contribution in [3.63, 3.8) is 0 Å². The molecule has 0 unspecified atom stereocenters. The van der Waals surface area contributed by atoms with Crippen molar-refractivity contribution in [2.45, 2.75) is 206 Å². The van der Waals surface area contributed by atoms with Crippen molar-refractivity contribution < 1.29 is 9.47 Å². The van der Waals surface area contributed by atoms with Crippen LogP contribution in [0.3, 0.4) is 0 Å². The molecule has 0 fully saturated rings. The number of ether oxygens (including phenoxy) is 2. The summed E-state index contributed by atoms with van der Waals surface area (Å²) in [5.74, 6) is 0. The fraction of sp³-hybridized carbons (Fsp3) is 1.00. The van der Waals surface area contributed by atoms with E-state index in [9.17, 15) is 0 Å². The molecule has 0 saturated heterocycles. The Morgan fingerprint density at radius 1 is 0.268 bits per heavy atom. The van der Waals surface area contributed by atoms with Crippen LogP contribution in [0.25, 0.3) is 0 Å².